The number of hydrogen-bond donors (Lipinski definition) is 3. The van der Waals surface area contributed by atoms with Crippen molar-refractivity contribution in [2.75, 3.05) is 19.6 Å². The number of aliphatic hydroxyl groups is 1. The van der Waals surface area contributed by atoms with Gasteiger partial charge in [0.1, 0.15) is 0 Å². The van der Waals surface area contributed by atoms with Gasteiger partial charge in [0, 0.05) is 47.7 Å². The van der Waals surface area contributed by atoms with Crippen LogP contribution < -0.4 is 10.6 Å². The zero-order chi connectivity index (χ0) is 17.3. The Hall–Kier alpha value is -1.53. The largest absolute Gasteiger partial charge is 0.391 e. The number of hydrogen-bond acceptors (Lipinski definition) is 3. The summed E-state index contributed by atoms with van der Waals surface area (Å²) in [7, 11) is 0. The normalized spacial score (nSPS) is 19.5. The monoisotopic (exact) mass is 383 g/mol. The minimum Gasteiger partial charge on any atom is -0.391 e. The molecule has 1 aromatic carbocycles. The van der Waals surface area contributed by atoms with Crippen LogP contribution in [-0.4, -0.2) is 41.3 Å². The van der Waals surface area contributed by atoms with Crippen LogP contribution in [0, 0.1) is 19.8 Å². The van der Waals surface area contributed by atoms with Crippen LogP contribution >= 0.6 is 24.0 Å². The van der Waals surface area contributed by atoms with Crippen LogP contribution in [0.3, 0.4) is 0 Å². The lowest BCUT2D eigenvalue weighted by Gasteiger charge is -2.14. The number of halogens is 2. The Labute approximate surface area is 158 Å². The third kappa shape index (κ3) is 4.18. The van der Waals surface area contributed by atoms with Crippen LogP contribution in [0.5, 0.6) is 0 Å². The molecule has 0 bridgehead atoms. The summed E-state index contributed by atoms with van der Waals surface area (Å²) < 4.78 is 2.02. The van der Waals surface area contributed by atoms with E-state index in [0.717, 1.165) is 23.6 Å². The number of aliphatic hydroxyl groups excluding tert-OH is 1. The Balaban J connectivity index is 0.00000225. The zero-order valence-corrected chi connectivity index (χ0v) is 15.8. The summed E-state index contributed by atoms with van der Waals surface area (Å²) in [6, 6.07) is 9.45. The molecule has 7 heteroatoms. The van der Waals surface area contributed by atoms with Crippen molar-refractivity contribution in [3.8, 4) is 5.69 Å². The number of aromatic nitrogens is 1. The summed E-state index contributed by atoms with van der Waals surface area (Å²) >= 11 is 6.08. The summed E-state index contributed by atoms with van der Waals surface area (Å²) in [5.41, 5.74) is 3.43. The number of rotatable bonds is 4. The van der Waals surface area contributed by atoms with Gasteiger partial charge in [-0.05, 0) is 38.1 Å². The molecular formula is C18H23Cl2N3O2. The van der Waals surface area contributed by atoms with Crippen LogP contribution in [0.15, 0.2) is 30.3 Å². The molecule has 1 aromatic heterocycles. The van der Waals surface area contributed by atoms with Crippen LogP contribution in [0.1, 0.15) is 21.7 Å². The number of amides is 1. The molecule has 3 rings (SSSR count). The van der Waals surface area contributed by atoms with Crippen molar-refractivity contribution in [2.24, 2.45) is 5.92 Å². The quantitative estimate of drug-likeness (QED) is 0.759. The standard InChI is InChI=1S/C18H22ClN3O2.ClH/c1-11-6-16(18(24)21-9-13-8-20-10-17(13)23)12(2)22(11)15-5-3-4-14(19)7-15;/h3-7,13,17,20,23H,8-10H2,1-2H3,(H,21,24);1H. The molecule has 136 valence electrons. The molecule has 1 aliphatic heterocycles. The fraction of sp³-hybridized carbons (Fsp3) is 0.389. The molecule has 2 atom stereocenters. The first-order valence-electron chi connectivity index (χ1n) is 8.09. The molecule has 2 unspecified atom stereocenters. The molecule has 0 aliphatic carbocycles. The topological polar surface area (TPSA) is 66.3 Å². The zero-order valence-electron chi connectivity index (χ0n) is 14.3. The average molecular weight is 384 g/mol. The molecule has 2 aromatic rings. The average Bonchev–Trinajstić information content (AvgIpc) is 3.08. The lowest BCUT2D eigenvalue weighted by Crippen LogP contribution is -2.34. The van der Waals surface area contributed by atoms with E-state index in [1.807, 2.05) is 48.7 Å². The van der Waals surface area contributed by atoms with Crippen LogP contribution in [0.4, 0.5) is 0 Å². The smallest absolute Gasteiger partial charge is 0.253 e. The summed E-state index contributed by atoms with van der Waals surface area (Å²) in [6.45, 7) is 5.67. The number of β-amino-alcohol motifs (C(OH)–C–C–N with tert-alkyl or cyclic N) is 1. The minimum absolute atomic E-state index is 0. The SMILES string of the molecule is Cc1cc(C(=O)NCC2CNCC2O)c(C)n1-c1cccc(Cl)c1.Cl. The fourth-order valence-corrected chi connectivity index (χ4v) is 3.44. The van der Waals surface area contributed by atoms with E-state index in [1.54, 1.807) is 0 Å². The lowest BCUT2D eigenvalue weighted by molar-refractivity contribution is 0.0926. The van der Waals surface area contributed by atoms with Crippen LogP contribution in [-0.2, 0) is 0 Å². The van der Waals surface area contributed by atoms with Crippen LogP contribution in [0.2, 0.25) is 5.02 Å². The van der Waals surface area contributed by atoms with Crippen molar-refractivity contribution in [1.29, 1.82) is 0 Å². The molecule has 3 N–H and O–H groups in total. The van der Waals surface area contributed by atoms with E-state index in [2.05, 4.69) is 10.6 Å². The fourth-order valence-electron chi connectivity index (χ4n) is 3.25. The number of benzene rings is 1. The first-order chi connectivity index (χ1) is 11.5. The maximum atomic E-state index is 12.5. The van der Waals surface area contributed by atoms with Crippen LogP contribution in [0.25, 0.3) is 5.69 Å². The molecule has 0 spiro atoms. The summed E-state index contributed by atoms with van der Waals surface area (Å²) in [5, 5.41) is 16.5. The van der Waals surface area contributed by atoms with Crippen molar-refractivity contribution in [2.45, 2.75) is 20.0 Å². The van der Waals surface area contributed by atoms with Gasteiger partial charge in [-0.1, -0.05) is 17.7 Å². The highest BCUT2D eigenvalue weighted by Crippen LogP contribution is 2.23. The van der Waals surface area contributed by atoms with Gasteiger partial charge in [0.2, 0.25) is 0 Å². The number of aryl methyl sites for hydroxylation is 1. The van der Waals surface area contributed by atoms with Gasteiger partial charge in [-0.25, -0.2) is 0 Å². The molecule has 25 heavy (non-hydrogen) atoms. The molecule has 0 radical (unpaired) electrons. The highest BCUT2D eigenvalue weighted by Gasteiger charge is 2.26. The summed E-state index contributed by atoms with van der Waals surface area (Å²) in [4.78, 5) is 12.5. The maximum Gasteiger partial charge on any atom is 0.253 e. The van der Waals surface area contributed by atoms with E-state index >= 15 is 0 Å². The minimum atomic E-state index is -0.399. The number of nitrogens with zero attached hydrogens (tertiary/aromatic N) is 1. The van der Waals surface area contributed by atoms with Gasteiger partial charge in [0.05, 0.1) is 11.7 Å². The van der Waals surface area contributed by atoms with Gasteiger partial charge in [-0.3, -0.25) is 4.79 Å². The van der Waals surface area contributed by atoms with Crippen molar-refractivity contribution < 1.29 is 9.90 Å². The molecular weight excluding hydrogens is 361 g/mol. The highest BCUT2D eigenvalue weighted by atomic mass is 35.5. The van der Waals surface area contributed by atoms with Gasteiger partial charge in [-0.15, -0.1) is 12.4 Å². The van der Waals surface area contributed by atoms with Crippen molar-refractivity contribution in [3.63, 3.8) is 0 Å². The first-order valence-corrected chi connectivity index (χ1v) is 8.47. The van der Waals surface area contributed by atoms with E-state index in [0.29, 0.717) is 23.7 Å². The second kappa shape index (κ2) is 8.23. The molecule has 1 aliphatic rings. The number of carbonyl (C=O) groups excluding carboxylic acids is 1. The van der Waals surface area contributed by atoms with Gasteiger partial charge >= 0.3 is 0 Å². The van der Waals surface area contributed by atoms with E-state index in [9.17, 15) is 9.90 Å². The summed E-state index contributed by atoms with van der Waals surface area (Å²) in [6.07, 6.45) is -0.399. The van der Waals surface area contributed by atoms with Crippen molar-refractivity contribution in [1.82, 2.24) is 15.2 Å². The summed E-state index contributed by atoms with van der Waals surface area (Å²) in [5.74, 6) is -0.0548. The molecule has 0 saturated carbocycles. The third-order valence-electron chi connectivity index (χ3n) is 4.57. The molecule has 5 nitrogen and oxygen atoms in total. The van der Waals surface area contributed by atoms with Crippen molar-refractivity contribution >= 4 is 29.9 Å². The lowest BCUT2D eigenvalue weighted by atomic mass is 10.1. The molecule has 1 amide bonds. The second-order valence-electron chi connectivity index (χ2n) is 6.30. The van der Waals surface area contributed by atoms with Gasteiger partial charge < -0.3 is 20.3 Å². The Kier molecular flexibility index (Phi) is 6.52. The first kappa shape index (κ1) is 19.8. The molecule has 2 heterocycles. The van der Waals surface area contributed by atoms with E-state index in [-0.39, 0.29) is 24.2 Å². The molecule has 1 saturated heterocycles. The Morgan fingerprint density at radius 2 is 2.12 bits per heavy atom. The third-order valence-corrected chi connectivity index (χ3v) is 4.81. The second-order valence-corrected chi connectivity index (χ2v) is 6.73. The van der Waals surface area contributed by atoms with Crippen molar-refractivity contribution in [3.05, 3.63) is 52.3 Å². The van der Waals surface area contributed by atoms with Gasteiger partial charge in [-0.2, -0.15) is 0 Å². The maximum absolute atomic E-state index is 12.5. The number of carbonyl (C=O) groups is 1. The van der Waals surface area contributed by atoms with E-state index in [1.165, 1.54) is 0 Å². The van der Waals surface area contributed by atoms with Gasteiger partial charge in [0.15, 0.2) is 0 Å². The number of nitrogens with one attached hydrogen (secondary N) is 2. The predicted molar refractivity (Wildman–Crippen MR) is 102 cm³/mol. The highest BCUT2D eigenvalue weighted by molar-refractivity contribution is 6.30. The van der Waals surface area contributed by atoms with E-state index in [4.69, 9.17) is 11.6 Å². The molecule has 1 fully saturated rings. The Bertz CT molecular complexity index is 761. The van der Waals surface area contributed by atoms with Gasteiger partial charge in [0.25, 0.3) is 5.91 Å². The predicted octanol–water partition coefficient (Wildman–Crippen LogP) is 2.48. The Morgan fingerprint density at radius 3 is 2.76 bits per heavy atom. The van der Waals surface area contributed by atoms with E-state index < -0.39 is 6.10 Å². The Morgan fingerprint density at radius 1 is 1.36 bits per heavy atom.